The molecule has 7 heteroatoms. The van der Waals surface area contributed by atoms with Gasteiger partial charge in [-0.3, -0.25) is 14.9 Å². The fraction of sp³-hybridized carbons (Fsp3) is 0.250. The lowest BCUT2D eigenvalue weighted by atomic mass is 10.1. The highest BCUT2D eigenvalue weighted by molar-refractivity contribution is 7.80. The van der Waals surface area contributed by atoms with E-state index in [1.165, 1.54) is 0 Å². The molecular weight excluding hydrogens is 458 g/mol. The van der Waals surface area contributed by atoms with Crippen LogP contribution in [0.15, 0.2) is 78.9 Å². The number of carbonyl (C=O) groups excluding carboxylic acids is 2. The number of anilines is 1. The Morgan fingerprint density at radius 2 is 1.60 bits per heavy atom. The number of hydrogen-bond acceptors (Lipinski definition) is 4. The Kier molecular flexibility index (Phi) is 9.80. The number of nitrogens with zero attached hydrogens (tertiary/aromatic N) is 1. The molecule has 0 heterocycles. The molecule has 6 nitrogen and oxygen atoms in total. The SMILES string of the molecule is CCCCOc1ccc(C(=O)NC(=S)N(C)c2ccccc2C(=O)NCCc2ccccc2)cc1. The minimum atomic E-state index is -0.327. The van der Waals surface area contributed by atoms with Crippen LogP contribution in [0.3, 0.4) is 0 Å². The van der Waals surface area contributed by atoms with E-state index in [-0.39, 0.29) is 16.9 Å². The summed E-state index contributed by atoms with van der Waals surface area (Å²) in [6, 6.07) is 24.1. The van der Waals surface area contributed by atoms with E-state index < -0.39 is 0 Å². The third-order valence-corrected chi connectivity index (χ3v) is 5.84. The van der Waals surface area contributed by atoms with Crippen LogP contribution in [0.5, 0.6) is 5.75 Å². The lowest BCUT2D eigenvalue weighted by Gasteiger charge is -2.23. The molecule has 2 N–H and O–H groups in total. The van der Waals surface area contributed by atoms with Crippen molar-refractivity contribution in [1.82, 2.24) is 10.6 Å². The molecule has 0 bridgehead atoms. The van der Waals surface area contributed by atoms with Crippen molar-refractivity contribution in [3.05, 3.63) is 95.6 Å². The van der Waals surface area contributed by atoms with Crippen molar-refractivity contribution in [1.29, 1.82) is 0 Å². The highest BCUT2D eigenvalue weighted by atomic mass is 32.1. The van der Waals surface area contributed by atoms with E-state index in [4.69, 9.17) is 17.0 Å². The van der Waals surface area contributed by atoms with E-state index in [0.717, 1.165) is 30.6 Å². The van der Waals surface area contributed by atoms with E-state index in [0.29, 0.717) is 30.0 Å². The first-order valence-electron chi connectivity index (χ1n) is 11.7. The Hall–Kier alpha value is -3.71. The largest absolute Gasteiger partial charge is 0.494 e. The summed E-state index contributed by atoms with van der Waals surface area (Å²) in [5, 5.41) is 5.90. The van der Waals surface area contributed by atoms with Crippen LogP contribution < -0.4 is 20.3 Å². The molecule has 0 aliphatic carbocycles. The van der Waals surface area contributed by atoms with Gasteiger partial charge in [-0.1, -0.05) is 55.8 Å². The molecule has 0 aliphatic rings. The second kappa shape index (κ2) is 13.2. The Bertz CT molecular complexity index is 1130. The lowest BCUT2D eigenvalue weighted by Crippen LogP contribution is -2.41. The Morgan fingerprint density at radius 3 is 2.31 bits per heavy atom. The summed E-state index contributed by atoms with van der Waals surface area (Å²) in [6.45, 7) is 3.27. The number of ether oxygens (including phenoxy) is 1. The molecule has 0 saturated heterocycles. The van der Waals surface area contributed by atoms with Crippen LogP contribution in [-0.4, -0.2) is 37.1 Å². The summed E-state index contributed by atoms with van der Waals surface area (Å²) in [5.74, 6) is 0.199. The number of carbonyl (C=O) groups is 2. The summed E-state index contributed by atoms with van der Waals surface area (Å²) in [4.78, 5) is 27.2. The highest BCUT2D eigenvalue weighted by Crippen LogP contribution is 2.20. The van der Waals surface area contributed by atoms with Gasteiger partial charge in [-0.2, -0.15) is 0 Å². The zero-order valence-electron chi connectivity index (χ0n) is 20.1. The smallest absolute Gasteiger partial charge is 0.257 e. The first-order valence-corrected chi connectivity index (χ1v) is 12.1. The zero-order chi connectivity index (χ0) is 25.0. The molecule has 182 valence electrons. The molecule has 3 rings (SSSR count). The van der Waals surface area contributed by atoms with Crippen LogP contribution in [-0.2, 0) is 6.42 Å². The fourth-order valence-corrected chi connectivity index (χ4v) is 3.61. The van der Waals surface area contributed by atoms with Crippen molar-refractivity contribution in [3.63, 3.8) is 0 Å². The third-order valence-electron chi connectivity index (χ3n) is 5.46. The molecular formula is C28H31N3O3S. The van der Waals surface area contributed by atoms with E-state index in [1.807, 2.05) is 36.4 Å². The molecule has 0 aromatic heterocycles. The maximum absolute atomic E-state index is 12.9. The number of rotatable bonds is 10. The van der Waals surface area contributed by atoms with Crippen LogP contribution in [0.1, 0.15) is 46.0 Å². The van der Waals surface area contributed by atoms with Gasteiger partial charge in [0.25, 0.3) is 11.8 Å². The Labute approximate surface area is 212 Å². The average molecular weight is 490 g/mol. The van der Waals surface area contributed by atoms with E-state index in [2.05, 4.69) is 17.6 Å². The standard InChI is InChI=1S/C28H31N3O3S/c1-3-4-20-34-23-16-14-22(15-17-23)26(32)30-28(35)31(2)25-13-9-8-12-24(25)27(33)29-19-18-21-10-6-5-7-11-21/h5-17H,3-4,18-20H2,1-2H3,(H,29,33)(H,30,32,35). The van der Waals surface area contributed by atoms with Crippen molar-refractivity contribution in [3.8, 4) is 5.75 Å². The number of thiocarbonyl (C=S) groups is 1. The van der Waals surface area contributed by atoms with Gasteiger partial charge in [0.1, 0.15) is 5.75 Å². The first-order chi connectivity index (χ1) is 17.0. The molecule has 3 aromatic carbocycles. The van der Waals surface area contributed by atoms with E-state index >= 15 is 0 Å². The number of benzene rings is 3. The highest BCUT2D eigenvalue weighted by Gasteiger charge is 2.18. The van der Waals surface area contributed by atoms with Gasteiger partial charge in [-0.05, 0) is 67.0 Å². The van der Waals surface area contributed by atoms with E-state index in [1.54, 1.807) is 54.4 Å². The molecule has 0 fully saturated rings. The molecule has 0 aliphatic heterocycles. The van der Waals surface area contributed by atoms with Crippen LogP contribution in [0, 0.1) is 0 Å². The van der Waals surface area contributed by atoms with Gasteiger partial charge < -0.3 is 15.0 Å². The van der Waals surface area contributed by atoms with Crippen molar-refractivity contribution in [2.45, 2.75) is 26.2 Å². The first kappa shape index (κ1) is 25.9. The van der Waals surface area contributed by atoms with Crippen LogP contribution in [0.4, 0.5) is 5.69 Å². The van der Waals surface area contributed by atoms with Crippen LogP contribution >= 0.6 is 12.2 Å². The molecule has 0 radical (unpaired) electrons. The predicted molar refractivity (Wildman–Crippen MR) is 144 cm³/mol. The van der Waals surface area contributed by atoms with Gasteiger partial charge in [-0.25, -0.2) is 0 Å². The van der Waals surface area contributed by atoms with Crippen LogP contribution in [0.2, 0.25) is 0 Å². The van der Waals surface area contributed by atoms with E-state index in [9.17, 15) is 9.59 Å². The van der Waals surface area contributed by atoms with Gasteiger partial charge in [0, 0.05) is 19.2 Å². The molecule has 0 atom stereocenters. The molecule has 0 saturated carbocycles. The lowest BCUT2D eigenvalue weighted by molar-refractivity contribution is 0.0952. The second-order valence-corrected chi connectivity index (χ2v) is 8.44. The average Bonchev–Trinajstić information content (AvgIpc) is 2.89. The normalized spacial score (nSPS) is 10.3. The molecule has 35 heavy (non-hydrogen) atoms. The summed E-state index contributed by atoms with van der Waals surface area (Å²) in [7, 11) is 1.73. The van der Waals surface area contributed by atoms with Crippen molar-refractivity contribution in [2.24, 2.45) is 0 Å². The Balaban J connectivity index is 1.59. The predicted octanol–water partition coefficient (Wildman–Crippen LogP) is 4.99. The third kappa shape index (κ3) is 7.65. The number of nitrogens with one attached hydrogen (secondary N) is 2. The monoisotopic (exact) mass is 489 g/mol. The second-order valence-electron chi connectivity index (χ2n) is 8.05. The number of hydrogen-bond donors (Lipinski definition) is 2. The minimum Gasteiger partial charge on any atom is -0.494 e. The van der Waals surface area contributed by atoms with Gasteiger partial charge in [0.2, 0.25) is 0 Å². The van der Waals surface area contributed by atoms with Crippen molar-refractivity contribution >= 4 is 34.8 Å². The van der Waals surface area contributed by atoms with Gasteiger partial charge >= 0.3 is 0 Å². The maximum Gasteiger partial charge on any atom is 0.257 e. The summed E-state index contributed by atoms with van der Waals surface area (Å²) in [5.41, 5.74) is 2.71. The van der Waals surface area contributed by atoms with Crippen LogP contribution in [0.25, 0.3) is 0 Å². The molecule has 2 amide bonds. The minimum absolute atomic E-state index is 0.197. The molecule has 0 unspecified atom stereocenters. The maximum atomic E-state index is 12.9. The number of para-hydroxylation sites is 1. The Morgan fingerprint density at radius 1 is 0.914 bits per heavy atom. The molecule has 0 spiro atoms. The summed E-state index contributed by atoms with van der Waals surface area (Å²) < 4.78 is 5.64. The van der Waals surface area contributed by atoms with Crippen molar-refractivity contribution < 1.29 is 14.3 Å². The molecule has 3 aromatic rings. The summed E-state index contributed by atoms with van der Waals surface area (Å²) >= 11 is 5.47. The van der Waals surface area contributed by atoms with Gasteiger partial charge in [0.05, 0.1) is 17.9 Å². The van der Waals surface area contributed by atoms with Gasteiger partial charge in [0.15, 0.2) is 5.11 Å². The number of unbranched alkanes of at least 4 members (excludes halogenated alkanes) is 1. The zero-order valence-corrected chi connectivity index (χ0v) is 20.9. The van der Waals surface area contributed by atoms with Crippen molar-refractivity contribution in [2.75, 3.05) is 25.1 Å². The topological polar surface area (TPSA) is 70.7 Å². The quantitative estimate of drug-likeness (QED) is 0.310. The number of amides is 2. The summed E-state index contributed by atoms with van der Waals surface area (Å²) in [6.07, 6.45) is 2.78. The fourth-order valence-electron chi connectivity index (χ4n) is 3.42. The van der Waals surface area contributed by atoms with Gasteiger partial charge in [-0.15, -0.1) is 0 Å².